The lowest BCUT2D eigenvalue weighted by Crippen LogP contribution is -2.28. The number of methoxy groups -OCH3 is 2. The maximum Gasteiger partial charge on any atom is 0.327 e. The van der Waals surface area contributed by atoms with Crippen LogP contribution in [-0.2, 0) is 9.53 Å². The minimum atomic E-state index is -0.524. The van der Waals surface area contributed by atoms with Gasteiger partial charge in [0.15, 0.2) is 0 Å². The molecule has 0 fully saturated rings. The summed E-state index contributed by atoms with van der Waals surface area (Å²) >= 11 is 0. The van der Waals surface area contributed by atoms with Crippen molar-refractivity contribution >= 4 is 5.97 Å². The molecule has 3 aromatic rings. The summed E-state index contributed by atoms with van der Waals surface area (Å²) in [5.74, 6) is 0.859. The molecule has 0 aliphatic carbocycles. The van der Waals surface area contributed by atoms with Crippen LogP contribution in [0.15, 0.2) is 53.5 Å². The molecule has 0 bridgehead atoms. The molecule has 0 amide bonds. The Morgan fingerprint density at radius 1 is 0.967 bits per heavy atom. The Labute approximate surface area is 173 Å². The van der Waals surface area contributed by atoms with E-state index in [0.717, 1.165) is 5.56 Å². The van der Waals surface area contributed by atoms with Crippen LogP contribution in [0.25, 0.3) is 22.5 Å². The topological polar surface area (TPSA) is 108 Å². The molecule has 30 heavy (non-hydrogen) atoms. The van der Waals surface area contributed by atoms with E-state index in [2.05, 4.69) is 15.1 Å². The van der Waals surface area contributed by atoms with Crippen LogP contribution in [0.3, 0.4) is 0 Å². The molecule has 1 N–H and O–H groups in total. The Hall–Kier alpha value is -3.88. The van der Waals surface area contributed by atoms with Gasteiger partial charge in [-0.1, -0.05) is 4.85 Å². The van der Waals surface area contributed by atoms with Gasteiger partial charge in [0.25, 0.3) is 5.62 Å². The van der Waals surface area contributed by atoms with Gasteiger partial charge in [-0.3, -0.25) is 4.79 Å². The first-order valence-electron chi connectivity index (χ1n) is 9.21. The van der Waals surface area contributed by atoms with Gasteiger partial charge in [0.1, 0.15) is 29.4 Å². The maximum atomic E-state index is 11.6. The number of ether oxygens (including phenoxy) is 3. The number of hydrogen-bond donors (Lipinski definition) is 1. The van der Waals surface area contributed by atoms with Crippen LogP contribution in [0, 0.1) is 0 Å². The summed E-state index contributed by atoms with van der Waals surface area (Å²) < 4.78 is 15.3. The van der Waals surface area contributed by atoms with Gasteiger partial charge in [0, 0.05) is 11.1 Å². The molecule has 2 aromatic carbocycles. The number of carbonyl (C=O) groups is 1. The van der Waals surface area contributed by atoms with Crippen molar-refractivity contribution < 1.29 is 24.2 Å². The second kappa shape index (κ2) is 9.55. The van der Waals surface area contributed by atoms with E-state index < -0.39 is 5.97 Å². The van der Waals surface area contributed by atoms with Crippen molar-refractivity contribution in [1.29, 1.82) is 0 Å². The Morgan fingerprint density at radius 2 is 1.50 bits per heavy atom. The molecule has 9 nitrogen and oxygen atoms in total. The molecule has 0 spiro atoms. The largest absolute Gasteiger partial charge is 0.497 e. The first-order chi connectivity index (χ1) is 14.5. The lowest BCUT2D eigenvalue weighted by Gasteiger charge is -2.11. The number of carbonyl (C=O) groups excluding carboxylic acids is 1. The molecule has 0 atom stereocenters. The summed E-state index contributed by atoms with van der Waals surface area (Å²) in [5.41, 5.74) is 2.25. The van der Waals surface area contributed by atoms with Gasteiger partial charge in [-0.25, -0.2) is 9.98 Å². The van der Waals surface area contributed by atoms with E-state index >= 15 is 0 Å². The van der Waals surface area contributed by atoms with Crippen LogP contribution >= 0.6 is 0 Å². The average molecular weight is 410 g/mol. The number of hydrogen-bond acceptors (Lipinski definition) is 8. The molecule has 3 rings (SSSR count). The third-order valence-electron chi connectivity index (χ3n) is 4.19. The molecule has 1 aromatic heterocycles. The van der Waals surface area contributed by atoms with Gasteiger partial charge in [0.05, 0.1) is 20.8 Å². The van der Waals surface area contributed by atoms with E-state index in [-0.39, 0.29) is 18.8 Å². The minimum Gasteiger partial charge on any atom is -0.497 e. The van der Waals surface area contributed by atoms with Crippen LogP contribution in [0.5, 0.6) is 11.5 Å². The van der Waals surface area contributed by atoms with Gasteiger partial charge in [0.2, 0.25) is 0 Å². The Morgan fingerprint density at radius 3 is 2.00 bits per heavy atom. The van der Waals surface area contributed by atoms with Gasteiger partial charge >= 0.3 is 5.97 Å². The van der Waals surface area contributed by atoms with Crippen molar-refractivity contribution in [2.75, 3.05) is 27.4 Å². The molecular weight excluding hydrogens is 388 g/mol. The van der Waals surface area contributed by atoms with E-state index in [0.29, 0.717) is 33.3 Å². The number of aromatic nitrogens is 3. The van der Waals surface area contributed by atoms with Crippen LogP contribution in [0.1, 0.15) is 6.92 Å². The van der Waals surface area contributed by atoms with Crippen molar-refractivity contribution in [3.63, 3.8) is 0 Å². The molecule has 0 aliphatic rings. The average Bonchev–Trinajstić information content (AvgIpc) is 2.78. The van der Waals surface area contributed by atoms with Crippen LogP contribution in [0.2, 0.25) is 0 Å². The van der Waals surface area contributed by atoms with E-state index in [1.807, 2.05) is 24.3 Å². The Bertz CT molecular complexity index is 1080. The maximum absolute atomic E-state index is 11.6. The Kier molecular flexibility index (Phi) is 6.63. The first-order valence-corrected chi connectivity index (χ1v) is 9.21. The van der Waals surface area contributed by atoms with Gasteiger partial charge in [-0.05, 0) is 55.5 Å². The number of nitrogens with zero attached hydrogens (tertiary/aromatic N) is 4. The molecule has 9 heteroatoms. The molecule has 0 radical (unpaired) electrons. The van der Waals surface area contributed by atoms with Crippen molar-refractivity contribution in [3.8, 4) is 34.0 Å². The highest BCUT2D eigenvalue weighted by Crippen LogP contribution is 2.29. The molecule has 156 valence electrons. The monoisotopic (exact) mass is 410 g/mol. The number of rotatable bonds is 7. The molecule has 1 heterocycles. The minimum absolute atomic E-state index is 0.119. The Balaban J connectivity index is 2.13. The van der Waals surface area contributed by atoms with E-state index in [4.69, 9.17) is 14.2 Å². The summed E-state index contributed by atoms with van der Waals surface area (Å²) in [6, 6.07) is 14.4. The molecule has 0 saturated heterocycles. The standard InChI is InChI=1S/C21H22N4O5/c1-4-30-18(26)13-22-21-23-19(14-5-9-16(28-2)10-6-14)20(24-25(21)27)15-7-11-17(29-3)12-8-15/h5-12,27H,4,13H2,1-3H3. The summed E-state index contributed by atoms with van der Waals surface area (Å²) in [5, 5.41) is 14.5. The molecular formula is C21H22N4O5. The first kappa shape index (κ1) is 20.8. The summed E-state index contributed by atoms with van der Waals surface area (Å²) in [6.07, 6.45) is 0. The van der Waals surface area contributed by atoms with Crippen molar-refractivity contribution in [2.45, 2.75) is 6.92 Å². The SMILES string of the molecule is CCOC(=O)CN=c1nc(-c2ccc(OC)cc2)c(-c2ccc(OC)cc2)nn1O. The second-order valence-electron chi connectivity index (χ2n) is 6.08. The highest BCUT2D eigenvalue weighted by atomic mass is 16.5. The van der Waals surface area contributed by atoms with Gasteiger partial charge in [-0.15, -0.1) is 5.10 Å². The van der Waals surface area contributed by atoms with Crippen LogP contribution in [-0.4, -0.2) is 53.5 Å². The molecule has 0 unspecified atom stereocenters. The quantitative estimate of drug-likeness (QED) is 0.470. The number of esters is 1. The third kappa shape index (κ3) is 4.75. The molecule has 0 aliphatic heterocycles. The summed E-state index contributed by atoms with van der Waals surface area (Å²) in [7, 11) is 3.17. The van der Waals surface area contributed by atoms with E-state index in [9.17, 15) is 10.0 Å². The summed E-state index contributed by atoms with van der Waals surface area (Å²) in [4.78, 5) is 20.6. The predicted molar refractivity (Wildman–Crippen MR) is 108 cm³/mol. The van der Waals surface area contributed by atoms with Crippen molar-refractivity contribution in [2.24, 2.45) is 4.99 Å². The third-order valence-corrected chi connectivity index (χ3v) is 4.19. The second-order valence-corrected chi connectivity index (χ2v) is 6.08. The fourth-order valence-electron chi connectivity index (χ4n) is 2.72. The number of benzene rings is 2. The smallest absolute Gasteiger partial charge is 0.327 e. The van der Waals surface area contributed by atoms with Crippen LogP contribution in [0.4, 0.5) is 0 Å². The van der Waals surface area contributed by atoms with E-state index in [1.165, 1.54) is 0 Å². The fourth-order valence-corrected chi connectivity index (χ4v) is 2.72. The van der Waals surface area contributed by atoms with Crippen molar-refractivity contribution in [1.82, 2.24) is 14.9 Å². The predicted octanol–water partition coefficient (Wildman–Crippen LogP) is 2.33. The zero-order chi connectivity index (χ0) is 21.5. The van der Waals surface area contributed by atoms with Gasteiger partial charge in [-0.2, -0.15) is 0 Å². The fraction of sp³-hybridized carbons (Fsp3) is 0.238. The lowest BCUT2D eigenvalue weighted by molar-refractivity contribution is -0.141. The van der Waals surface area contributed by atoms with Crippen LogP contribution < -0.4 is 15.1 Å². The van der Waals surface area contributed by atoms with E-state index in [1.54, 1.807) is 45.4 Å². The zero-order valence-corrected chi connectivity index (χ0v) is 16.9. The zero-order valence-electron chi connectivity index (χ0n) is 16.9. The lowest BCUT2D eigenvalue weighted by atomic mass is 10.0. The van der Waals surface area contributed by atoms with Crippen molar-refractivity contribution in [3.05, 3.63) is 54.1 Å². The van der Waals surface area contributed by atoms with Gasteiger partial charge < -0.3 is 19.4 Å². The summed E-state index contributed by atoms with van der Waals surface area (Å²) in [6.45, 7) is 1.66. The normalized spacial score (nSPS) is 11.2. The molecule has 0 saturated carbocycles. The highest BCUT2D eigenvalue weighted by molar-refractivity contribution is 5.77. The highest BCUT2D eigenvalue weighted by Gasteiger charge is 2.15.